The molecule has 1 saturated carbocycles. The molecule has 0 amide bonds. The molecule has 0 saturated heterocycles. The molecule has 1 aromatic rings. The third kappa shape index (κ3) is 1.95. The van der Waals surface area contributed by atoms with Crippen molar-refractivity contribution in [2.45, 2.75) is 44.6 Å². The van der Waals surface area contributed by atoms with Gasteiger partial charge >= 0.3 is 0 Å². The number of nitrogens with zero attached hydrogens (tertiary/aromatic N) is 1. The zero-order valence-electron chi connectivity index (χ0n) is 8.66. The predicted octanol–water partition coefficient (Wildman–Crippen LogP) is 2.10. The third-order valence-electron chi connectivity index (χ3n) is 3.09. The van der Waals surface area contributed by atoms with E-state index in [-0.39, 0.29) is 0 Å². The molecule has 0 bridgehead atoms. The summed E-state index contributed by atoms with van der Waals surface area (Å²) in [6.07, 6.45) is 6.68. The maximum Gasteiger partial charge on any atom is 0.0703 e. The van der Waals surface area contributed by atoms with Gasteiger partial charge in [-0.3, -0.25) is 4.98 Å². The first-order valence-corrected chi connectivity index (χ1v) is 5.38. The highest BCUT2D eigenvalue weighted by Crippen LogP contribution is 2.34. The minimum absolute atomic E-state index is 0.444. The molecule has 1 N–H and O–H groups in total. The van der Waals surface area contributed by atoms with Crippen LogP contribution in [0, 0.1) is 0 Å². The van der Waals surface area contributed by atoms with Crippen molar-refractivity contribution in [3.05, 3.63) is 29.6 Å². The lowest BCUT2D eigenvalue weighted by Gasteiger charge is -2.36. The van der Waals surface area contributed by atoms with Crippen molar-refractivity contribution in [2.24, 2.45) is 0 Å². The Bertz CT molecular complexity index is 301. The highest BCUT2D eigenvalue weighted by molar-refractivity contribution is 5.16. The largest absolute Gasteiger partial charge is 0.389 e. The molecule has 1 heterocycles. The average Bonchev–Trinajstić information content (AvgIpc) is 2.17. The van der Waals surface area contributed by atoms with Gasteiger partial charge in [0.05, 0.1) is 5.60 Å². The van der Waals surface area contributed by atoms with E-state index in [0.717, 1.165) is 37.8 Å². The summed E-state index contributed by atoms with van der Waals surface area (Å²) in [7, 11) is 0. The Morgan fingerprint density at radius 2 is 2.21 bits per heavy atom. The lowest BCUT2D eigenvalue weighted by Crippen LogP contribution is -2.39. The summed E-state index contributed by atoms with van der Waals surface area (Å²) in [5.74, 6) is 0. The summed E-state index contributed by atoms with van der Waals surface area (Å²) in [5, 5.41) is 9.95. The van der Waals surface area contributed by atoms with Crippen LogP contribution >= 0.6 is 0 Å². The Hall–Kier alpha value is -0.890. The van der Waals surface area contributed by atoms with Gasteiger partial charge < -0.3 is 5.11 Å². The third-order valence-corrected chi connectivity index (χ3v) is 3.09. The summed E-state index contributed by atoms with van der Waals surface area (Å²) in [4.78, 5) is 4.36. The predicted molar refractivity (Wildman–Crippen MR) is 56.1 cm³/mol. The first-order chi connectivity index (χ1) is 6.72. The van der Waals surface area contributed by atoms with Crippen molar-refractivity contribution >= 4 is 0 Å². The maximum atomic E-state index is 9.95. The lowest BCUT2D eigenvalue weighted by atomic mass is 9.77. The molecule has 2 heteroatoms. The van der Waals surface area contributed by atoms with E-state index in [1.165, 1.54) is 5.56 Å². The van der Waals surface area contributed by atoms with Crippen molar-refractivity contribution in [1.82, 2.24) is 4.98 Å². The topological polar surface area (TPSA) is 33.1 Å². The van der Waals surface area contributed by atoms with Gasteiger partial charge in [0.15, 0.2) is 0 Å². The van der Waals surface area contributed by atoms with Crippen LogP contribution in [0.5, 0.6) is 0 Å². The van der Waals surface area contributed by atoms with Crippen LogP contribution in [-0.2, 0) is 12.8 Å². The van der Waals surface area contributed by atoms with Gasteiger partial charge in [0, 0.05) is 18.3 Å². The smallest absolute Gasteiger partial charge is 0.0703 e. The zero-order valence-corrected chi connectivity index (χ0v) is 8.66. The van der Waals surface area contributed by atoms with E-state index >= 15 is 0 Å². The molecule has 0 unspecified atom stereocenters. The highest BCUT2D eigenvalue weighted by Gasteiger charge is 2.34. The van der Waals surface area contributed by atoms with Crippen LogP contribution in [0.1, 0.15) is 37.4 Å². The zero-order chi connectivity index (χ0) is 10.0. The Balaban J connectivity index is 2.02. The van der Waals surface area contributed by atoms with Crippen LogP contribution in [0.3, 0.4) is 0 Å². The van der Waals surface area contributed by atoms with Crippen LogP contribution in [0.15, 0.2) is 18.3 Å². The Kier molecular flexibility index (Phi) is 2.55. The molecule has 0 aromatic carbocycles. The number of aromatic nitrogens is 1. The van der Waals surface area contributed by atoms with Crippen molar-refractivity contribution in [2.75, 3.05) is 0 Å². The van der Waals surface area contributed by atoms with Crippen LogP contribution in [0.4, 0.5) is 0 Å². The molecule has 1 aliphatic carbocycles. The van der Waals surface area contributed by atoms with E-state index in [1.807, 2.05) is 12.3 Å². The number of hydrogen-bond acceptors (Lipinski definition) is 2. The van der Waals surface area contributed by atoms with Gasteiger partial charge in [-0.25, -0.2) is 0 Å². The molecular weight excluding hydrogens is 174 g/mol. The summed E-state index contributed by atoms with van der Waals surface area (Å²) in [6.45, 7) is 2.12. The molecule has 1 aromatic heterocycles. The molecule has 2 rings (SSSR count). The number of hydrogen-bond donors (Lipinski definition) is 1. The number of rotatable bonds is 3. The molecular formula is C12H17NO. The molecule has 1 fully saturated rings. The minimum Gasteiger partial charge on any atom is -0.389 e. The van der Waals surface area contributed by atoms with Crippen molar-refractivity contribution in [3.8, 4) is 0 Å². The van der Waals surface area contributed by atoms with Crippen LogP contribution < -0.4 is 0 Å². The number of aliphatic hydroxyl groups is 1. The van der Waals surface area contributed by atoms with Gasteiger partial charge in [-0.15, -0.1) is 0 Å². The van der Waals surface area contributed by atoms with E-state index in [4.69, 9.17) is 0 Å². The quantitative estimate of drug-likeness (QED) is 0.793. The van der Waals surface area contributed by atoms with Crippen LogP contribution in [0.25, 0.3) is 0 Å². The average molecular weight is 191 g/mol. The van der Waals surface area contributed by atoms with Crippen LogP contribution in [-0.4, -0.2) is 15.7 Å². The van der Waals surface area contributed by atoms with E-state index in [2.05, 4.69) is 18.0 Å². The second kappa shape index (κ2) is 3.70. The monoisotopic (exact) mass is 191 g/mol. The fourth-order valence-corrected chi connectivity index (χ4v) is 1.87. The van der Waals surface area contributed by atoms with Gasteiger partial charge in [-0.1, -0.05) is 13.0 Å². The summed E-state index contributed by atoms with van der Waals surface area (Å²) in [5.41, 5.74) is 1.83. The Morgan fingerprint density at radius 3 is 2.64 bits per heavy atom. The molecule has 0 radical (unpaired) electrons. The Labute approximate surface area is 85.0 Å². The van der Waals surface area contributed by atoms with E-state index in [9.17, 15) is 5.11 Å². The van der Waals surface area contributed by atoms with Crippen molar-refractivity contribution in [3.63, 3.8) is 0 Å². The number of aryl methyl sites for hydroxylation is 1. The second-order valence-electron chi connectivity index (χ2n) is 4.27. The molecule has 0 atom stereocenters. The Morgan fingerprint density at radius 1 is 1.43 bits per heavy atom. The fraction of sp³-hybridized carbons (Fsp3) is 0.583. The lowest BCUT2D eigenvalue weighted by molar-refractivity contribution is -0.0330. The second-order valence-corrected chi connectivity index (χ2v) is 4.27. The molecule has 1 aliphatic rings. The first-order valence-electron chi connectivity index (χ1n) is 5.38. The minimum atomic E-state index is -0.444. The van der Waals surface area contributed by atoms with E-state index < -0.39 is 5.60 Å². The summed E-state index contributed by atoms with van der Waals surface area (Å²) >= 11 is 0. The number of pyridine rings is 1. The van der Waals surface area contributed by atoms with Gasteiger partial charge in [0.1, 0.15) is 0 Å². The van der Waals surface area contributed by atoms with Crippen LogP contribution in [0.2, 0.25) is 0 Å². The highest BCUT2D eigenvalue weighted by atomic mass is 16.3. The van der Waals surface area contributed by atoms with Gasteiger partial charge in [-0.05, 0) is 37.3 Å². The fourth-order valence-electron chi connectivity index (χ4n) is 1.87. The van der Waals surface area contributed by atoms with E-state index in [0.29, 0.717) is 0 Å². The van der Waals surface area contributed by atoms with Crippen molar-refractivity contribution < 1.29 is 5.11 Å². The molecule has 14 heavy (non-hydrogen) atoms. The normalized spacial score (nSPS) is 19.0. The summed E-state index contributed by atoms with van der Waals surface area (Å²) in [6, 6.07) is 4.14. The standard InChI is InChI=1S/C12H17NO/c1-2-10-4-5-11(13-9-10)8-12(14)6-3-7-12/h4-5,9,14H,2-3,6-8H2,1H3. The van der Waals surface area contributed by atoms with Gasteiger partial charge in [0.25, 0.3) is 0 Å². The maximum absolute atomic E-state index is 9.95. The first kappa shape index (κ1) is 9.66. The van der Waals surface area contributed by atoms with Gasteiger partial charge in [-0.2, -0.15) is 0 Å². The summed E-state index contributed by atoms with van der Waals surface area (Å²) < 4.78 is 0. The molecule has 0 spiro atoms. The van der Waals surface area contributed by atoms with E-state index in [1.54, 1.807) is 0 Å². The molecule has 2 nitrogen and oxygen atoms in total. The molecule has 0 aliphatic heterocycles. The van der Waals surface area contributed by atoms with Crippen molar-refractivity contribution in [1.29, 1.82) is 0 Å². The SMILES string of the molecule is CCc1ccc(CC2(O)CCC2)nc1. The van der Waals surface area contributed by atoms with Gasteiger partial charge in [0.2, 0.25) is 0 Å². The molecule has 76 valence electrons.